The Kier molecular flexibility index (Phi) is 2.69. The first kappa shape index (κ1) is 9.47. The maximum atomic E-state index is 9.84. The number of aryl methyl sites for hydroxylation is 1. The highest BCUT2D eigenvalue weighted by Crippen LogP contribution is 2.28. The topological polar surface area (TPSA) is 20.2 Å². The summed E-state index contributed by atoms with van der Waals surface area (Å²) in [6.45, 7) is 2.08. The van der Waals surface area contributed by atoms with Gasteiger partial charge >= 0.3 is 0 Å². The third-order valence-corrected chi connectivity index (χ3v) is 2.85. The number of aliphatic hydroxyl groups excluding tert-OH is 1. The van der Waals surface area contributed by atoms with E-state index in [1.165, 1.54) is 11.1 Å². The molecule has 1 aliphatic rings. The summed E-state index contributed by atoms with van der Waals surface area (Å²) in [4.78, 5) is 0. The van der Waals surface area contributed by atoms with E-state index in [4.69, 9.17) is 0 Å². The summed E-state index contributed by atoms with van der Waals surface area (Å²) in [7, 11) is 0. The molecule has 14 heavy (non-hydrogen) atoms. The van der Waals surface area contributed by atoms with E-state index >= 15 is 0 Å². The van der Waals surface area contributed by atoms with Crippen LogP contribution in [0.25, 0.3) is 0 Å². The maximum absolute atomic E-state index is 9.84. The molecule has 0 saturated heterocycles. The van der Waals surface area contributed by atoms with E-state index in [1.807, 2.05) is 0 Å². The SMILES string of the molecule is Cc1ccc([C@@H]2C=CCC[C@H]2O)cc1. The second-order valence-electron chi connectivity index (χ2n) is 4.01. The van der Waals surface area contributed by atoms with Crippen LogP contribution in [0.15, 0.2) is 36.4 Å². The number of benzene rings is 1. The molecule has 1 N–H and O–H groups in total. The number of allylic oxidation sites excluding steroid dienone is 1. The molecule has 0 saturated carbocycles. The van der Waals surface area contributed by atoms with E-state index in [0.717, 1.165) is 12.8 Å². The van der Waals surface area contributed by atoms with Gasteiger partial charge < -0.3 is 5.11 Å². The lowest BCUT2D eigenvalue weighted by molar-refractivity contribution is 0.145. The lowest BCUT2D eigenvalue weighted by Gasteiger charge is -2.23. The van der Waals surface area contributed by atoms with Crippen LogP contribution < -0.4 is 0 Å². The van der Waals surface area contributed by atoms with Gasteiger partial charge in [0.05, 0.1) is 6.10 Å². The second-order valence-corrected chi connectivity index (χ2v) is 4.01. The van der Waals surface area contributed by atoms with E-state index in [0.29, 0.717) is 0 Å². The molecule has 0 aromatic heterocycles. The summed E-state index contributed by atoms with van der Waals surface area (Å²) in [6.07, 6.45) is 5.97. The van der Waals surface area contributed by atoms with Crippen molar-refractivity contribution in [1.29, 1.82) is 0 Å². The molecule has 0 aliphatic heterocycles. The van der Waals surface area contributed by atoms with Gasteiger partial charge in [-0.05, 0) is 25.3 Å². The first-order valence-electron chi connectivity index (χ1n) is 5.18. The third kappa shape index (κ3) is 1.88. The van der Waals surface area contributed by atoms with Crippen molar-refractivity contribution in [1.82, 2.24) is 0 Å². The van der Waals surface area contributed by atoms with Crippen molar-refractivity contribution in [3.63, 3.8) is 0 Å². The zero-order chi connectivity index (χ0) is 9.97. The molecule has 2 atom stereocenters. The minimum Gasteiger partial charge on any atom is -0.392 e. The molecule has 1 aliphatic carbocycles. The van der Waals surface area contributed by atoms with Crippen molar-refractivity contribution in [2.75, 3.05) is 0 Å². The minimum atomic E-state index is -0.206. The van der Waals surface area contributed by atoms with Crippen molar-refractivity contribution in [3.05, 3.63) is 47.5 Å². The largest absolute Gasteiger partial charge is 0.392 e. The fraction of sp³-hybridized carbons (Fsp3) is 0.385. The van der Waals surface area contributed by atoms with Crippen LogP contribution in [-0.2, 0) is 0 Å². The Labute approximate surface area is 85.1 Å². The molecule has 0 spiro atoms. The van der Waals surface area contributed by atoms with Crippen molar-refractivity contribution in [2.45, 2.75) is 31.8 Å². The predicted octanol–water partition coefficient (Wildman–Crippen LogP) is 2.79. The van der Waals surface area contributed by atoms with Crippen molar-refractivity contribution < 1.29 is 5.11 Å². The van der Waals surface area contributed by atoms with Gasteiger partial charge in [-0.15, -0.1) is 0 Å². The summed E-state index contributed by atoms with van der Waals surface area (Å²) < 4.78 is 0. The van der Waals surface area contributed by atoms with Crippen molar-refractivity contribution >= 4 is 0 Å². The van der Waals surface area contributed by atoms with E-state index in [9.17, 15) is 5.11 Å². The summed E-state index contributed by atoms with van der Waals surface area (Å²) in [5, 5.41) is 9.84. The maximum Gasteiger partial charge on any atom is 0.0646 e. The molecule has 2 rings (SSSR count). The summed E-state index contributed by atoms with van der Waals surface area (Å²) in [5.41, 5.74) is 2.49. The third-order valence-electron chi connectivity index (χ3n) is 2.85. The van der Waals surface area contributed by atoms with E-state index < -0.39 is 0 Å². The Hall–Kier alpha value is -1.08. The monoisotopic (exact) mass is 188 g/mol. The molecule has 0 amide bonds. The molecule has 0 fully saturated rings. The molecule has 74 valence electrons. The summed E-state index contributed by atoms with van der Waals surface area (Å²) in [5.74, 6) is 0.198. The Bertz CT molecular complexity index is 324. The molecule has 1 heteroatoms. The fourth-order valence-electron chi connectivity index (χ4n) is 1.94. The summed E-state index contributed by atoms with van der Waals surface area (Å²) in [6, 6.07) is 8.42. The van der Waals surface area contributed by atoms with Crippen LogP contribution in [0.2, 0.25) is 0 Å². The fourth-order valence-corrected chi connectivity index (χ4v) is 1.94. The van der Waals surface area contributed by atoms with Crippen LogP contribution in [0, 0.1) is 6.92 Å². The zero-order valence-corrected chi connectivity index (χ0v) is 8.48. The average molecular weight is 188 g/mol. The molecule has 0 unspecified atom stereocenters. The molecular weight excluding hydrogens is 172 g/mol. The smallest absolute Gasteiger partial charge is 0.0646 e. The Morgan fingerprint density at radius 2 is 1.93 bits per heavy atom. The van der Waals surface area contributed by atoms with Gasteiger partial charge in [0.15, 0.2) is 0 Å². The van der Waals surface area contributed by atoms with Crippen molar-refractivity contribution in [2.24, 2.45) is 0 Å². The van der Waals surface area contributed by atoms with Gasteiger partial charge in [0.1, 0.15) is 0 Å². The Balaban J connectivity index is 2.25. The Morgan fingerprint density at radius 3 is 2.57 bits per heavy atom. The van der Waals surface area contributed by atoms with Crippen molar-refractivity contribution in [3.8, 4) is 0 Å². The van der Waals surface area contributed by atoms with Crippen LogP contribution in [0.5, 0.6) is 0 Å². The highest BCUT2D eigenvalue weighted by atomic mass is 16.3. The highest BCUT2D eigenvalue weighted by molar-refractivity contribution is 5.29. The number of hydrogen-bond donors (Lipinski definition) is 1. The highest BCUT2D eigenvalue weighted by Gasteiger charge is 2.20. The van der Waals surface area contributed by atoms with Crippen LogP contribution >= 0.6 is 0 Å². The molecule has 0 radical (unpaired) electrons. The van der Waals surface area contributed by atoms with Gasteiger partial charge in [-0.3, -0.25) is 0 Å². The van der Waals surface area contributed by atoms with Crippen LogP contribution in [0.1, 0.15) is 29.9 Å². The van der Waals surface area contributed by atoms with Crippen LogP contribution in [-0.4, -0.2) is 11.2 Å². The second kappa shape index (κ2) is 3.97. The number of aliphatic hydroxyl groups is 1. The zero-order valence-electron chi connectivity index (χ0n) is 8.48. The average Bonchev–Trinajstić information content (AvgIpc) is 2.20. The van der Waals surface area contributed by atoms with Gasteiger partial charge in [0, 0.05) is 5.92 Å². The Morgan fingerprint density at radius 1 is 1.21 bits per heavy atom. The lowest BCUT2D eigenvalue weighted by atomic mass is 9.86. The molecule has 1 aromatic rings. The molecule has 0 heterocycles. The normalized spacial score (nSPS) is 26.4. The molecule has 0 bridgehead atoms. The quantitative estimate of drug-likeness (QED) is 0.672. The van der Waals surface area contributed by atoms with E-state index in [-0.39, 0.29) is 12.0 Å². The van der Waals surface area contributed by atoms with Gasteiger partial charge in [-0.25, -0.2) is 0 Å². The van der Waals surface area contributed by atoms with E-state index in [1.54, 1.807) is 0 Å². The van der Waals surface area contributed by atoms with Crippen LogP contribution in [0.4, 0.5) is 0 Å². The van der Waals surface area contributed by atoms with E-state index in [2.05, 4.69) is 43.3 Å². The minimum absolute atomic E-state index is 0.198. The first-order chi connectivity index (χ1) is 6.77. The number of hydrogen-bond acceptors (Lipinski definition) is 1. The van der Waals surface area contributed by atoms with Gasteiger partial charge in [-0.2, -0.15) is 0 Å². The summed E-state index contributed by atoms with van der Waals surface area (Å²) >= 11 is 0. The first-order valence-corrected chi connectivity index (χ1v) is 5.18. The van der Waals surface area contributed by atoms with Gasteiger partial charge in [0.2, 0.25) is 0 Å². The van der Waals surface area contributed by atoms with Gasteiger partial charge in [-0.1, -0.05) is 42.0 Å². The van der Waals surface area contributed by atoms with Crippen LogP contribution in [0.3, 0.4) is 0 Å². The predicted molar refractivity (Wildman–Crippen MR) is 58.3 cm³/mol. The molecular formula is C13H16O. The standard InChI is InChI=1S/C13H16O/c1-10-6-8-11(9-7-10)12-4-2-3-5-13(12)14/h2,4,6-9,12-14H,3,5H2,1H3/t12-,13+/m0/s1. The molecule has 1 nitrogen and oxygen atoms in total. The lowest BCUT2D eigenvalue weighted by Crippen LogP contribution is -2.19. The van der Waals surface area contributed by atoms with Gasteiger partial charge in [0.25, 0.3) is 0 Å². The molecule has 1 aromatic carbocycles. The number of rotatable bonds is 1.